The Kier molecular flexibility index (Phi) is 5.02. The van der Waals surface area contributed by atoms with Crippen molar-refractivity contribution in [3.05, 3.63) is 0 Å². The van der Waals surface area contributed by atoms with Crippen LogP contribution >= 0.6 is 0 Å². The van der Waals surface area contributed by atoms with Gasteiger partial charge in [-0.3, -0.25) is 4.79 Å². The molecular weight excluding hydrogens is 148 g/mol. The van der Waals surface area contributed by atoms with Gasteiger partial charge in [-0.1, -0.05) is 0 Å². The van der Waals surface area contributed by atoms with Gasteiger partial charge in [0, 0.05) is 7.11 Å². The van der Waals surface area contributed by atoms with Crippen molar-refractivity contribution in [1.82, 2.24) is 0 Å². The summed E-state index contributed by atoms with van der Waals surface area (Å²) < 4.78 is 14.7. The summed E-state index contributed by atoms with van der Waals surface area (Å²) in [5, 5.41) is 0. The molecule has 0 saturated carbocycles. The normalized spacial score (nSPS) is 11.5. The van der Waals surface area contributed by atoms with Gasteiger partial charge in [0.15, 0.2) is 0 Å². The lowest BCUT2D eigenvalue weighted by atomic mass is 10.6. The van der Waals surface area contributed by atoms with Crippen LogP contribution in [0.4, 0.5) is 0 Å². The zero-order valence-electron chi connectivity index (χ0n) is 7.12. The summed E-state index contributed by atoms with van der Waals surface area (Å²) in [5.41, 5.74) is 0. The third-order valence-corrected chi connectivity index (χ3v) is 1.12. The van der Waals surface area contributed by atoms with E-state index >= 15 is 0 Å². The monoisotopic (exact) mass is 162 g/mol. The van der Waals surface area contributed by atoms with Crippen molar-refractivity contribution in [2.24, 2.45) is 0 Å². The first kappa shape index (κ1) is 10.6. The minimum Gasteiger partial charge on any atom is -0.325 e. The van der Waals surface area contributed by atoms with Crippen molar-refractivity contribution in [2.75, 3.05) is 20.3 Å². The fraction of sp³-hybridized carbons (Fsp3) is 0.857. The number of rotatable bonds is 6. The first-order valence-electron chi connectivity index (χ1n) is 3.54. The molecule has 0 spiro atoms. The molecule has 0 unspecified atom stereocenters. The standard InChI is InChI=1S/C7H14O4/c1-4-10-7(6-8,9-3)11-5-2/h6H,4-5H2,1-3H3. The Bertz CT molecular complexity index is 107. The van der Waals surface area contributed by atoms with Crippen molar-refractivity contribution in [3.8, 4) is 0 Å². The van der Waals surface area contributed by atoms with Crippen LogP contribution in [0.2, 0.25) is 0 Å². The number of ether oxygens (including phenoxy) is 3. The predicted octanol–water partition coefficient (Wildman–Crippen LogP) is 0.558. The Hall–Kier alpha value is -0.450. The summed E-state index contributed by atoms with van der Waals surface area (Å²) in [6.45, 7) is 4.26. The number of carbonyl (C=O) groups is 1. The van der Waals surface area contributed by atoms with Crippen molar-refractivity contribution < 1.29 is 19.0 Å². The van der Waals surface area contributed by atoms with Crippen LogP contribution in [-0.4, -0.2) is 32.6 Å². The molecule has 0 saturated heterocycles. The van der Waals surface area contributed by atoms with Gasteiger partial charge in [0.05, 0.1) is 13.2 Å². The highest BCUT2D eigenvalue weighted by Gasteiger charge is 2.30. The van der Waals surface area contributed by atoms with Crippen molar-refractivity contribution in [3.63, 3.8) is 0 Å². The minimum absolute atomic E-state index is 0.368. The summed E-state index contributed by atoms with van der Waals surface area (Å²) in [5.74, 6) is -1.50. The van der Waals surface area contributed by atoms with Gasteiger partial charge in [-0.05, 0) is 13.8 Å². The van der Waals surface area contributed by atoms with Crippen LogP contribution in [0.15, 0.2) is 0 Å². The van der Waals surface area contributed by atoms with E-state index in [1.165, 1.54) is 7.11 Å². The third kappa shape index (κ3) is 2.96. The van der Waals surface area contributed by atoms with E-state index in [0.29, 0.717) is 19.5 Å². The average molecular weight is 162 g/mol. The predicted molar refractivity (Wildman–Crippen MR) is 39.1 cm³/mol. The topological polar surface area (TPSA) is 44.8 Å². The second-order valence-electron chi connectivity index (χ2n) is 1.79. The number of methoxy groups -OCH3 is 1. The summed E-state index contributed by atoms with van der Waals surface area (Å²) in [6, 6.07) is 0. The minimum atomic E-state index is -1.50. The molecule has 0 rings (SSSR count). The largest absolute Gasteiger partial charge is 0.343 e. The fourth-order valence-electron chi connectivity index (χ4n) is 0.678. The van der Waals surface area contributed by atoms with Gasteiger partial charge < -0.3 is 14.2 Å². The van der Waals surface area contributed by atoms with E-state index in [2.05, 4.69) is 0 Å². The molecule has 66 valence electrons. The summed E-state index contributed by atoms with van der Waals surface area (Å²) in [4.78, 5) is 10.5. The highest BCUT2D eigenvalue weighted by molar-refractivity contribution is 5.57. The average Bonchev–Trinajstić information content (AvgIpc) is 2.04. The van der Waals surface area contributed by atoms with Crippen molar-refractivity contribution >= 4 is 6.29 Å². The molecular formula is C7H14O4. The quantitative estimate of drug-likeness (QED) is 0.423. The van der Waals surface area contributed by atoms with E-state index in [-0.39, 0.29) is 0 Å². The molecule has 0 aliphatic carbocycles. The van der Waals surface area contributed by atoms with Gasteiger partial charge >= 0.3 is 5.97 Å². The van der Waals surface area contributed by atoms with E-state index in [9.17, 15) is 4.79 Å². The van der Waals surface area contributed by atoms with E-state index < -0.39 is 5.97 Å². The zero-order chi connectivity index (χ0) is 8.74. The molecule has 11 heavy (non-hydrogen) atoms. The van der Waals surface area contributed by atoms with Crippen LogP contribution < -0.4 is 0 Å². The molecule has 0 bridgehead atoms. The van der Waals surface area contributed by atoms with Gasteiger partial charge in [0.1, 0.15) is 0 Å². The smallest absolute Gasteiger partial charge is 0.325 e. The number of carbonyl (C=O) groups excluding carboxylic acids is 1. The number of hydrogen-bond donors (Lipinski definition) is 0. The molecule has 0 N–H and O–H groups in total. The Morgan fingerprint density at radius 2 is 1.73 bits per heavy atom. The molecule has 4 nitrogen and oxygen atoms in total. The molecule has 0 radical (unpaired) electrons. The molecule has 0 aliphatic heterocycles. The van der Waals surface area contributed by atoms with E-state index in [1.54, 1.807) is 13.8 Å². The van der Waals surface area contributed by atoms with Crippen LogP contribution in [0.25, 0.3) is 0 Å². The number of aldehydes is 1. The molecule has 0 aromatic heterocycles. The molecule has 0 aromatic rings. The van der Waals surface area contributed by atoms with Crippen LogP contribution in [-0.2, 0) is 19.0 Å². The molecule has 0 aromatic carbocycles. The van der Waals surface area contributed by atoms with Crippen molar-refractivity contribution in [2.45, 2.75) is 19.8 Å². The van der Waals surface area contributed by atoms with Gasteiger partial charge in [0.2, 0.25) is 6.29 Å². The SMILES string of the molecule is CCOC(C=O)(OC)OCC. The molecule has 0 amide bonds. The lowest BCUT2D eigenvalue weighted by Crippen LogP contribution is -2.39. The van der Waals surface area contributed by atoms with Crippen LogP contribution in [0.5, 0.6) is 0 Å². The Balaban J connectivity index is 4.07. The highest BCUT2D eigenvalue weighted by atomic mass is 16.9. The van der Waals surface area contributed by atoms with E-state index in [0.717, 1.165) is 0 Å². The summed E-state index contributed by atoms with van der Waals surface area (Å²) in [7, 11) is 1.36. The Morgan fingerprint density at radius 1 is 1.27 bits per heavy atom. The maximum Gasteiger partial charge on any atom is 0.343 e. The summed E-state index contributed by atoms with van der Waals surface area (Å²) in [6.07, 6.45) is 0.500. The molecule has 0 aliphatic rings. The molecule has 0 fully saturated rings. The van der Waals surface area contributed by atoms with Crippen molar-refractivity contribution in [1.29, 1.82) is 0 Å². The Morgan fingerprint density at radius 3 is 1.91 bits per heavy atom. The Labute approximate surface area is 66.4 Å². The van der Waals surface area contributed by atoms with E-state index in [4.69, 9.17) is 14.2 Å². The van der Waals surface area contributed by atoms with Gasteiger partial charge in [-0.2, -0.15) is 0 Å². The van der Waals surface area contributed by atoms with Crippen LogP contribution in [0.3, 0.4) is 0 Å². The molecule has 0 heterocycles. The molecule has 0 atom stereocenters. The first-order chi connectivity index (χ1) is 5.24. The maximum absolute atomic E-state index is 10.5. The first-order valence-corrected chi connectivity index (χ1v) is 3.54. The zero-order valence-corrected chi connectivity index (χ0v) is 7.12. The highest BCUT2D eigenvalue weighted by Crippen LogP contribution is 2.10. The second-order valence-corrected chi connectivity index (χ2v) is 1.79. The van der Waals surface area contributed by atoms with Gasteiger partial charge in [-0.25, -0.2) is 0 Å². The third-order valence-electron chi connectivity index (χ3n) is 1.12. The van der Waals surface area contributed by atoms with Gasteiger partial charge in [0.25, 0.3) is 0 Å². The van der Waals surface area contributed by atoms with E-state index in [1.807, 2.05) is 0 Å². The number of hydrogen-bond acceptors (Lipinski definition) is 4. The molecule has 4 heteroatoms. The summed E-state index contributed by atoms with van der Waals surface area (Å²) >= 11 is 0. The second kappa shape index (κ2) is 5.23. The van der Waals surface area contributed by atoms with Crippen LogP contribution in [0.1, 0.15) is 13.8 Å². The lowest BCUT2D eigenvalue weighted by Gasteiger charge is -2.24. The maximum atomic E-state index is 10.5. The van der Waals surface area contributed by atoms with Crippen LogP contribution in [0, 0.1) is 0 Å². The van der Waals surface area contributed by atoms with Gasteiger partial charge in [-0.15, -0.1) is 0 Å². The fourth-order valence-corrected chi connectivity index (χ4v) is 0.678. The lowest BCUT2D eigenvalue weighted by molar-refractivity contribution is -0.335.